The van der Waals surface area contributed by atoms with Crippen molar-refractivity contribution in [2.24, 2.45) is 0 Å². The lowest BCUT2D eigenvalue weighted by atomic mass is 10.1. The van der Waals surface area contributed by atoms with E-state index in [1.54, 1.807) is 6.07 Å². The van der Waals surface area contributed by atoms with E-state index in [1.165, 1.54) is 12.8 Å². The molecule has 0 unspecified atom stereocenters. The first-order chi connectivity index (χ1) is 10.1. The summed E-state index contributed by atoms with van der Waals surface area (Å²) < 4.78 is 0. The molecule has 1 heterocycles. The quantitative estimate of drug-likeness (QED) is 0.866. The van der Waals surface area contributed by atoms with E-state index in [0.717, 1.165) is 18.7 Å². The van der Waals surface area contributed by atoms with Crippen LogP contribution < -0.4 is 5.32 Å². The van der Waals surface area contributed by atoms with E-state index < -0.39 is 0 Å². The average molecular weight is 329 g/mol. The molecule has 2 rings (SSSR count). The lowest BCUT2D eigenvalue weighted by molar-refractivity contribution is -0.121. The summed E-state index contributed by atoms with van der Waals surface area (Å²) in [5.74, 6) is 0.0667. The third-order valence-corrected chi connectivity index (χ3v) is 4.87. The van der Waals surface area contributed by atoms with Crippen molar-refractivity contribution in [3.8, 4) is 0 Å². The number of carbonyl (C=O) groups is 1. The van der Waals surface area contributed by atoms with Gasteiger partial charge >= 0.3 is 0 Å². The Morgan fingerprint density at radius 2 is 2.05 bits per heavy atom. The first kappa shape index (κ1) is 16.6. The molecule has 1 aromatic carbocycles. The minimum atomic E-state index is 0.0667. The van der Waals surface area contributed by atoms with Crippen molar-refractivity contribution in [2.75, 3.05) is 19.6 Å². The Hall–Kier alpha value is -0.770. The minimum absolute atomic E-state index is 0.0667. The molecule has 1 aliphatic rings. The highest BCUT2D eigenvalue weighted by atomic mass is 35.5. The highest BCUT2D eigenvalue weighted by Crippen LogP contribution is 2.26. The van der Waals surface area contributed by atoms with Crippen molar-refractivity contribution in [3.63, 3.8) is 0 Å². The van der Waals surface area contributed by atoms with E-state index in [9.17, 15) is 4.79 Å². The lowest BCUT2D eigenvalue weighted by Crippen LogP contribution is -2.40. The van der Waals surface area contributed by atoms with Crippen LogP contribution in [-0.4, -0.2) is 36.5 Å². The largest absolute Gasteiger partial charge is 0.355 e. The van der Waals surface area contributed by atoms with E-state index in [4.69, 9.17) is 23.2 Å². The molecule has 0 aliphatic carbocycles. The van der Waals surface area contributed by atoms with Gasteiger partial charge in [-0.05, 0) is 50.9 Å². The summed E-state index contributed by atoms with van der Waals surface area (Å²) in [6.07, 6.45) is 3.59. The van der Waals surface area contributed by atoms with Crippen LogP contribution in [-0.2, 0) is 11.2 Å². The third-order valence-electron chi connectivity index (χ3n) is 4.01. The van der Waals surface area contributed by atoms with E-state index in [-0.39, 0.29) is 5.91 Å². The third kappa shape index (κ3) is 4.87. The predicted octanol–water partition coefficient (Wildman–Crippen LogP) is 3.53. The van der Waals surface area contributed by atoms with Crippen LogP contribution in [0.4, 0.5) is 0 Å². The fourth-order valence-corrected chi connectivity index (χ4v) is 3.07. The van der Waals surface area contributed by atoms with Gasteiger partial charge in [-0.3, -0.25) is 9.69 Å². The van der Waals surface area contributed by atoms with Gasteiger partial charge in [-0.1, -0.05) is 35.3 Å². The molecule has 116 valence electrons. The van der Waals surface area contributed by atoms with Crippen LogP contribution in [0.5, 0.6) is 0 Å². The van der Waals surface area contributed by atoms with Crippen molar-refractivity contribution in [1.82, 2.24) is 10.2 Å². The molecule has 1 amide bonds. The summed E-state index contributed by atoms with van der Waals surface area (Å²) in [6, 6.07) is 5.93. The fraction of sp³-hybridized carbons (Fsp3) is 0.562. The average Bonchev–Trinajstić information content (AvgIpc) is 3.00. The van der Waals surface area contributed by atoms with Crippen molar-refractivity contribution in [1.29, 1.82) is 0 Å². The summed E-state index contributed by atoms with van der Waals surface area (Å²) in [4.78, 5) is 14.4. The number of nitrogens with one attached hydrogen (secondary N) is 1. The first-order valence-electron chi connectivity index (χ1n) is 7.51. The lowest BCUT2D eigenvalue weighted by Gasteiger charge is -2.23. The van der Waals surface area contributed by atoms with E-state index in [0.29, 0.717) is 35.5 Å². The van der Waals surface area contributed by atoms with Crippen LogP contribution in [0.15, 0.2) is 18.2 Å². The monoisotopic (exact) mass is 328 g/mol. The number of nitrogens with zero attached hydrogens (tertiary/aromatic N) is 1. The van der Waals surface area contributed by atoms with Gasteiger partial charge in [-0.2, -0.15) is 0 Å². The highest BCUT2D eigenvalue weighted by Gasteiger charge is 2.18. The standard InChI is InChI=1S/C16H22Cl2N2O/c1-12(20-9-2-3-10-20)11-19-15(21)8-7-13-5-4-6-14(17)16(13)18/h4-6,12H,2-3,7-11H2,1H3,(H,19,21)/t12-/m0/s1. The van der Waals surface area contributed by atoms with E-state index >= 15 is 0 Å². The maximum absolute atomic E-state index is 11.9. The number of aryl methyl sites for hydroxylation is 1. The zero-order valence-electron chi connectivity index (χ0n) is 12.4. The fourth-order valence-electron chi connectivity index (χ4n) is 2.65. The molecule has 21 heavy (non-hydrogen) atoms. The van der Waals surface area contributed by atoms with Crippen LogP contribution >= 0.6 is 23.2 Å². The Morgan fingerprint density at radius 1 is 1.33 bits per heavy atom. The molecule has 0 bridgehead atoms. The molecule has 1 saturated heterocycles. The van der Waals surface area contributed by atoms with Crippen LogP contribution in [0.2, 0.25) is 10.0 Å². The summed E-state index contributed by atoms with van der Waals surface area (Å²) in [5.41, 5.74) is 0.923. The molecular formula is C16H22Cl2N2O. The second kappa shape index (κ2) is 8.02. The van der Waals surface area contributed by atoms with Crippen molar-refractivity contribution >= 4 is 29.1 Å². The van der Waals surface area contributed by atoms with Gasteiger partial charge in [0.1, 0.15) is 0 Å². The van der Waals surface area contributed by atoms with Gasteiger partial charge < -0.3 is 5.32 Å². The molecular weight excluding hydrogens is 307 g/mol. The molecule has 0 aromatic heterocycles. The number of carbonyl (C=O) groups excluding carboxylic acids is 1. The van der Waals surface area contributed by atoms with Crippen molar-refractivity contribution < 1.29 is 4.79 Å². The highest BCUT2D eigenvalue weighted by molar-refractivity contribution is 6.42. The normalized spacial score (nSPS) is 16.9. The number of likely N-dealkylation sites (tertiary alicyclic amines) is 1. The molecule has 0 saturated carbocycles. The number of rotatable bonds is 6. The second-order valence-corrected chi connectivity index (χ2v) is 6.39. The number of halogens is 2. The van der Waals surface area contributed by atoms with Gasteiger partial charge in [0.15, 0.2) is 0 Å². The maximum atomic E-state index is 11.9. The zero-order valence-corrected chi connectivity index (χ0v) is 13.9. The smallest absolute Gasteiger partial charge is 0.220 e. The number of hydrogen-bond donors (Lipinski definition) is 1. The Labute approximate surface area is 136 Å². The number of hydrogen-bond acceptors (Lipinski definition) is 2. The molecule has 0 spiro atoms. The molecule has 1 N–H and O–H groups in total. The summed E-state index contributed by atoms with van der Waals surface area (Å²) in [7, 11) is 0. The van der Waals surface area contributed by atoms with Crippen LogP contribution in [0.1, 0.15) is 31.7 Å². The van der Waals surface area contributed by atoms with Crippen LogP contribution in [0.3, 0.4) is 0 Å². The predicted molar refractivity (Wildman–Crippen MR) is 88.1 cm³/mol. The minimum Gasteiger partial charge on any atom is -0.355 e. The molecule has 1 aromatic rings. The van der Waals surface area contributed by atoms with Gasteiger partial charge in [-0.15, -0.1) is 0 Å². The second-order valence-electron chi connectivity index (χ2n) is 5.61. The molecule has 1 aliphatic heterocycles. The van der Waals surface area contributed by atoms with Gasteiger partial charge in [0, 0.05) is 19.0 Å². The zero-order chi connectivity index (χ0) is 15.2. The molecule has 5 heteroatoms. The Kier molecular flexibility index (Phi) is 6.34. The Morgan fingerprint density at radius 3 is 2.76 bits per heavy atom. The van der Waals surface area contributed by atoms with Gasteiger partial charge in [0.2, 0.25) is 5.91 Å². The first-order valence-corrected chi connectivity index (χ1v) is 8.27. The summed E-state index contributed by atoms with van der Waals surface area (Å²) in [6.45, 7) is 5.17. The number of amides is 1. The molecule has 0 radical (unpaired) electrons. The van der Waals surface area contributed by atoms with Gasteiger partial charge in [0.25, 0.3) is 0 Å². The van der Waals surface area contributed by atoms with Gasteiger partial charge in [0.05, 0.1) is 10.0 Å². The maximum Gasteiger partial charge on any atom is 0.220 e. The number of benzene rings is 1. The summed E-state index contributed by atoms with van der Waals surface area (Å²) in [5, 5.41) is 4.10. The Balaban J connectivity index is 1.73. The van der Waals surface area contributed by atoms with Crippen molar-refractivity contribution in [2.45, 2.75) is 38.6 Å². The van der Waals surface area contributed by atoms with Crippen molar-refractivity contribution in [3.05, 3.63) is 33.8 Å². The molecule has 1 atom stereocenters. The van der Waals surface area contributed by atoms with Gasteiger partial charge in [-0.25, -0.2) is 0 Å². The molecule has 1 fully saturated rings. The van der Waals surface area contributed by atoms with Crippen LogP contribution in [0, 0.1) is 0 Å². The Bertz CT molecular complexity index is 487. The topological polar surface area (TPSA) is 32.3 Å². The van der Waals surface area contributed by atoms with Crippen LogP contribution in [0.25, 0.3) is 0 Å². The SMILES string of the molecule is C[C@@H](CNC(=O)CCc1cccc(Cl)c1Cl)N1CCCC1. The summed E-state index contributed by atoms with van der Waals surface area (Å²) >= 11 is 12.1. The molecule has 3 nitrogen and oxygen atoms in total. The van der Waals surface area contributed by atoms with E-state index in [1.807, 2.05) is 12.1 Å². The van der Waals surface area contributed by atoms with E-state index in [2.05, 4.69) is 17.1 Å².